The summed E-state index contributed by atoms with van der Waals surface area (Å²) in [6.07, 6.45) is 1.53. The molecule has 2 heterocycles. The number of fused-ring (bicyclic) bond motifs is 1. The number of hydrogen-bond donors (Lipinski definition) is 1. The molecular weight excluding hydrogens is 400 g/mol. The van der Waals surface area contributed by atoms with Crippen molar-refractivity contribution in [2.75, 3.05) is 7.11 Å². The number of furan rings is 1. The molecule has 156 valence electrons. The van der Waals surface area contributed by atoms with Crippen molar-refractivity contribution in [3.8, 4) is 11.4 Å². The number of non-ortho nitro benzene ring substituents is 1. The van der Waals surface area contributed by atoms with E-state index in [4.69, 9.17) is 9.15 Å². The van der Waals surface area contributed by atoms with E-state index in [1.807, 2.05) is 54.0 Å². The average molecular weight is 418 g/mol. The zero-order valence-electron chi connectivity index (χ0n) is 16.7. The highest BCUT2D eigenvalue weighted by molar-refractivity contribution is 5.98. The van der Waals surface area contributed by atoms with E-state index in [0.29, 0.717) is 5.39 Å². The molecule has 4 aromatic rings. The number of nitrogens with one attached hydrogen (secondary N) is 1. The molecule has 0 atom stereocenters. The fourth-order valence-corrected chi connectivity index (χ4v) is 3.28. The van der Waals surface area contributed by atoms with Gasteiger partial charge in [-0.15, -0.1) is 0 Å². The van der Waals surface area contributed by atoms with E-state index in [0.717, 1.165) is 17.1 Å². The summed E-state index contributed by atoms with van der Waals surface area (Å²) < 4.78 is 12.7. The highest BCUT2D eigenvalue weighted by Crippen LogP contribution is 2.33. The van der Waals surface area contributed by atoms with Crippen molar-refractivity contribution in [2.45, 2.75) is 6.92 Å². The molecule has 0 aliphatic heterocycles. The Labute approximate surface area is 176 Å². The van der Waals surface area contributed by atoms with Crippen molar-refractivity contribution in [3.05, 3.63) is 87.9 Å². The van der Waals surface area contributed by atoms with Crippen LogP contribution in [0.1, 0.15) is 21.9 Å². The van der Waals surface area contributed by atoms with Crippen LogP contribution in [0, 0.1) is 17.0 Å². The molecule has 0 aliphatic carbocycles. The Kier molecular flexibility index (Phi) is 5.23. The van der Waals surface area contributed by atoms with Gasteiger partial charge in [0.1, 0.15) is 0 Å². The van der Waals surface area contributed by atoms with E-state index < -0.39 is 10.8 Å². The summed E-state index contributed by atoms with van der Waals surface area (Å²) >= 11 is 0. The fourth-order valence-electron chi connectivity index (χ4n) is 3.28. The Balaban J connectivity index is 1.57. The lowest BCUT2D eigenvalue weighted by Crippen LogP contribution is -2.17. The monoisotopic (exact) mass is 418 g/mol. The summed E-state index contributed by atoms with van der Waals surface area (Å²) in [7, 11) is 1.37. The number of aromatic nitrogens is 1. The zero-order chi connectivity index (χ0) is 22.0. The predicted octanol–water partition coefficient (Wildman–Crippen LogP) is 4.21. The van der Waals surface area contributed by atoms with Crippen molar-refractivity contribution >= 4 is 28.8 Å². The summed E-state index contributed by atoms with van der Waals surface area (Å²) in [5.41, 5.74) is 5.28. The van der Waals surface area contributed by atoms with Crippen LogP contribution in [0.2, 0.25) is 0 Å². The average Bonchev–Trinajstić information content (AvgIpc) is 3.37. The Morgan fingerprint density at radius 3 is 2.68 bits per heavy atom. The number of para-hydroxylation sites is 1. The van der Waals surface area contributed by atoms with Crippen LogP contribution in [-0.2, 0) is 0 Å². The molecule has 0 fully saturated rings. The molecule has 0 unspecified atom stereocenters. The molecular formula is C22H18N4O5. The van der Waals surface area contributed by atoms with Crippen LogP contribution in [0.5, 0.6) is 5.75 Å². The molecule has 1 N–H and O–H groups in total. The second-order valence-electron chi connectivity index (χ2n) is 6.70. The molecule has 2 aromatic heterocycles. The van der Waals surface area contributed by atoms with Crippen molar-refractivity contribution in [1.29, 1.82) is 0 Å². The maximum atomic E-state index is 12.5. The zero-order valence-corrected chi connectivity index (χ0v) is 16.7. The molecule has 9 nitrogen and oxygen atoms in total. The van der Waals surface area contributed by atoms with E-state index in [9.17, 15) is 14.9 Å². The first kappa shape index (κ1) is 19.9. The minimum Gasteiger partial charge on any atom is -0.493 e. The van der Waals surface area contributed by atoms with Crippen molar-refractivity contribution in [2.24, 2.45) is 5.10 Å². The number of aryl methyl sites for hydroxylation is 1. The lowest BCUT2D eigenvalue weighted by Gasteiger charge is -2.08. The number of hydrazone groups is 1. The number of ether oxygens (including phenoxy) is 1. The number of methoxy groups -OCH3 is 1. The lowest BCUT2D eigenvalue weighted by atomic mass is 10.2. The van der Waals surface area contributed by atoms with Gasteiger partial charge in [0.2, 0.25) is 0 Å². The molecule has 2 aromatic carbocycles. The van der Waals surface area contributed by atoms with Gasteiger partial charge in [-0.3, -0.25) is 14.9 Å². The summed E-state index contributed by atoms with van der Waals surface area (Å²) in [6, 6.07) is 17.6. The summed E-state index contributed by atoms with van der Waals surface area (Å²) in [5, 5.41) is 15.5. The van der Waals surface area contributed by atoms with E-state index in [2.05, 4.69) is 10.5 Å². The Morgan fingerprint density at radius 2 is 1.97 bits per heavy atom. The maximum absolute atomic E-state index is 12.5. The van der Waals surface area contributed by atoms with E-state index in [1.54, 1.807) is 0 Å². The van der Waals surface area contributed by atoms with E-state index in [1.165, 1.54) is 31.5 Å². The number of nitrogens with zero attached hydrogens (tertiary/aromatic N) is 3. The van der Waals surface area contributed by atoms with Crippen LogP contribution in [0.25, 0.3) is 16.7 Å². The van der Waals surface area contributed by atoms with Crippen LogP contribution < -0.4 is 10.2 Å². The topological polar surface area (TPSA) is 112 Å². The number of nitro benzene ring substituents is 1. The number of hydrogen-bond acceptors (Lipinski definition) is 6. The van der Waals surface area contributed by atoms with Gasteiger partial charge in [0.25, 0.3) is 5.69 Å². The van der Waals surface area contributed by atoms with Crippen molar-refractivity contribution in [3.63, 3.8) is 0 Å². The summed E-state index contributed by atoms with van der Waals surface area (Å²) in [4.78, 5) is 23.0. The first-order valence-electron chi connectivity index (χ1n) is 9.31. The maximum Gasteiger partial charge on any atom is 0.307 e. The fraction of sp³-hybridized carbons (Fsp3) is 0.0909. The number of nitro groups is 1. The number of amides is 1. The second-order valence-corrected chi connectivity index (χ2v) is 6.70. The molecule has 0 saturated carbocycles. The molecule has 9 heteroatoms. The third-order valence-corrected chi connectivity index (χ3v) is 4.70. The first-order valence-corrected chi connectivity index (χ1v) is 9.31. The Morgan fingerprint density at radius 1 is 1.19 bits per heavy atom. The summed E-state index contributed by atoms with van der Waals surface area (Å²) in [6.45, 7) is 1.98. The van der Waals surface area contributed by atoms with Gasteiger partial charge in [-0.05, 0) is 37.3 Å². The van der Waals surface area contributed by atoms with Crippen LogP contribution in [0.3, 0.4) is 0 Å². The van der Waals surface area contributed by atoms with Gasteiger partial charge in [0.15, 0.2) is 17.1 Å². The molecule has 0 aliphatic rings. The summed E-state index contributed by atoms with van der Waals surface area (Å²) in [5.74, 6) is -0.463. The number of carbonyl (C=O) groups is 1. The van der Waals surface area contributed by atoms with Crippen LogP contribution in [-0.4, -0.2) is 28.7 Å². The molecule has 4 rings (SSSR count). The van der Waals surface area contributed by atoms with Gasteiger partial charge in [0.05, 0.1) is 30.0 Å². The number of carbonyl (C=O) groups excluding carboxylic acids is 1. The minimum atomic E-state index is -0.591. The van der Waals surface area contributed by atoms with Gasteiger partial charge in [-0.2, -0.15) is 5.10 Å². The molecule has 0 bridgehead atoms. The first-order chi connectivity index (χ1) is 15.0. The molecule has 0 saturated heterocycles. The van der Waals surface area contributed by atoms with Gasteiger partial charge in [-0.1, -0.05) is 18.2 Å². The largest absolute Gasteiger partial charge is 0.493 e. The van der Waals surface area contributed by atoms with Crippen molar-refractivity contribution in [1.82, 2.24) is 9.99 Å². The van der Waals surface area contributed by atoms with Crippen molar-refractivity contribution < 1.29 is 18.9 Å². The van der Waals surface area contributed by atoms with Crippen LogP contribution >= 0.6 is 0 Å². The number of benzene rings is 2. The highest BCUT2D eigenvalue weighted by atomic mass is 16.6. The van der Waals surface area contributed by atoms with E-state index in [-0.39, 0.29) is 22.8 Å². The highest BCUT2D eigenvalue weighted by Gasteiger charge is 2.19. The Hall–Kier alpha value is -4.40. The minimum absolute atomic E-state index is 0.0411. The molecule has 31 heavy (non-hydrogen) atoms. The molecule has 0 spiro atoms. The molecule has 0 radical (unpaired) electrons. The van der Waals surface area contributed by atoms with Gasteiger partial charge >= 0.3 is 5.91 Å². The Bertz CT molecular complexity index is 1300. The predicted molar refractivity (Wildman–Crippen MR) is 115 cm³/mol. The normalized spacial score (nSPS) is 11.2. The molecule has 1 amide bonds. The van der Waals surface area contributed by atoms with E-state index >= 15 is 0 Å². The van der Waals surface area contributed by atoms with Crippen LogP contribution in [0.4, 0.5) is 5.69 Å². The third kappa shape index (κ3) is 3.88. The number of rotatable bonds is 6. The smallest absolute Gasteiger partial charge is 0.307 e. The standard InChI is InChI=1S/C22H18N4O5/c1-14-8-9-17(25(14)16-6-4-3-5-7-16)13-23-24-22(27)20-11-15-10-18(26(28)29)12-19(30-2)21(15)31-20/h3-13H,1-2H3,(H,24,27)/b23-13+. The SMILES string of the molecule is COc1cc([N+](=O)[O-])cc2cc(C(=O)N/N=C/c3ccc(C)n3-c3ccccc3)oc12. The lowest BCUT2D eigenvalue weighted by molar-refractivity contribution is -0.384. The van der Waals surface area contributed by atoms with Gasteiger partial charge in [0, 0.05) is 22.8 Å². The second kappa shape index (κ2) is 8.15. The van der Waals surface area contributed by atoms with Crippen LogP contribution in [0.15, 0.2) is 70.2 Å². The third-order valence-electron chi connectivity index (χ3n) is 4.70. The van der Waals surface area contributed by atoms with Gasteiger partial charge in [-0.25, -0.2) is 5.43 Å². The quantitative estimate of drug-likeness (QED) is 0.286. The van der Waals surface area contributed by atoms with Gasteiger partial charge < -0.3 is 13.7 Å².